The minimum Gasteiger partial charge on any atom is -0.394 e. The molecule has 214 valence electrons. The number of nitrogens with one attached hydrogen (secondary N) is 2. The molecule has 39 heavy (non-hydrogen) atoms. The molecule has 1 saturated carbocycles. The lowest BCUT2D eigenvalue weighted by molar-refractivity contribution is -0.153. The average molecular weight is 570 g/mol. The number of aliphatic hydroxyl groups is 1. The fourth-order valence-corrected chi connectivity index (χ4v) is 5.89. The fraction of sp³-hybridized carbons (Fsp3) is 0.577. The summed E-state index contributed by atoms with van der Waals surface area (Å²) in [5.41, 5.74) is -0.313. The van der Waals surface area contributed by atoms with E-state index in [9.17, 15) is 31.5 Å². The molecular formula is C26H34F3N5O4S. The number of hydrogen-bond acceptors (Lipinski definition) is 8. The summed E-state index contributed by atoms with van der Waals surface area (Å²) in [6.07, 6.45) is 0.681. The molecule has 1 aliphatic heterocycles. The number of piperidine rings is 1. The van der Waals surface area contributed by atoms with E-state index in [-0.39, 0.29) is 18.0 Å². The molecule has 2 fully saturated rings. The Bertz CT molecular complexity index is 1350. The van der Waals surface area contributed by atoms with E-state index in [1.165, 1.54) is 31.2 Å². The topological polar surface area (TPSA) is 125 Å². The van der Waals surface area contributed by atoms with Crippen LogP contribution in [0.1, 0.15) is 63.9 Å². The van der Waals surface area contributed by atoms with Gasteiger partial charge in [-0.15, -0.1) is 0 Å². The molecule has 0 radical (unpaired) electrons. The summed E-state index contributed by atoms with van der Waals surface area (Å²) in [5.74, 6) is 0.0281. The van der Waals surface area contributed by atoms with Crippen molar-refractivity contribution in [3.63, 3.8) is 0 Å². The summed E-state index contributed by atoms with van der Waals surface area (Å²) >= 11 is 0. The van der Waals surface area contributed by atoms with Crippen molar-refractivity contribution in [2.75, 3.05) is 35.2 Å². The van der Waals surface area contributed by atoms with Crippen LogP contribution in [0, 0.1) is 5.41 Å². The molecule has 1 amide bonds. The molecule has 9 nitrogen and oxygen atoms in total. The Morgan fingerprint density at radius 1 is 1.10 bits per heavy atom. The van der Waals surface area contributed by atoms with Gasteiger partial charge in [-0.05, 0) is 77.0 Å². The molecule has 1 saturated heterocycles. The number of halogens is 3. The van der Waals surface area contributed by atoms with E-state index in [1.54, 1.807) is 13.8 Å². The molecule has 1 spiro atoms. The Hall–Kier alpha value is -2.93. The van der Waals surface area contributed by atoms with Crippen LogP contribution >= 0.6 is 0 Å². The van der Waals surface area contributed by atoms with Gasteiger partial charge in [-0.25, -0.2) is 18.4 Å². The number of amides is 1. The number of anilines is 3. The first-order chi connectivity index (χ1) is 18.0. The summed E-state index contributed by atoms with van der Waals surface area (Å²) in [6, 6.07) is 4.73. The van der Waals surface area contributed by atoms with Crippen LogP contribution in [0.2, 0.25) is 0 Å². The van der Waals surface area contributed by atoms with Crippen molar-refractivity contribution in [3.05, 3.63) is 36.2 Å². The summed E-state index contributed by atoms with van der Waals surface area (Å²) in [4.78, 5) is 23.7. The standard InChI is InChI=1S/C26H34F3N5O4S/c1-23(2,16-35)33-19-15-30-20(21(32-19)34-12-10-25(8-9-25)11-13-34)22(36)31-17-6-5-7-18(14-17)39(37,38)24(3,4)26(27,28)29/h5-7,14-15,35H,8-13,16H2,1-4H3,(H,31,36)(H,32,33). The van der Waals surface area contributed by atoms with Crippen molar-refractivity contribution in [1.82, 2.24) is 9.97 Å². The predicted octanol–water partition coefficient (Wildman–Crippen LogP) is 4.41. The number of carbonyl (C=O) groups is 1. The third-order valence-corrected chi connectivity index (χ3v) is 10.1. The lowest BCUT2D eigenvalue weighted by atomic mass is 9.93. The molecule has 0 atom stereocenters. The number of hydrogen-bond donors (Lipinski definition) is 3. The zero-order valence-electron chi connectivity index (χ0n) is 22.4. The molecule has 2 aliphatic rings. The molecule has 1 aromatic carbocycles. The van der Waals surface area contributed by atoms with Gasteiger partial charge in [0.1, 0.15) is 5.82 Å². The molecular weight excluding hydrogens is 535 g/mol. The number of aliphatic hydroxyl groups excluding tert-OH is 1. The third kappa shape index (κ3) is 5.84. The Kier molecular flexibility index (Phi) is 7.39. The van der Waals surface area contributed by atoms with Crippen LogP contribution in [0.25, 0.3) is 0 Å². The molecule has 3 N–H and O–H groups in total. The fourth-order valence-electron chi connectivity index (χ4n) is 4.45. The minimum absolute atomic E-state index is 0.00187. The third-order valence-electron chi connectivity index (χ3n) is 7.67. The second-order valence-corrected chi connectivity index (χ2v) is 14.1. The van der Waals surface area contributed by atoms with Crippen molar-refractivity contribution in [2.24, 2.45) is 5.41 Å². The highest BCUT2D eigenvalue weighted by atomic mass is 32.2. The van der Waals surface area contributed by atoms with Gasteiger partial charge >= 0.3 is 6.18 Å². The number of sulfone groups is 1. The van der Waals surface area contributed by atoms with Crippen molar-refractivity contribution < 1.29 is 31.5 Å². The van der Waals surface area contributed by atoms with Gasteiger partial charge in [0.15, 0.2) is 26.1 Å². The molecule has 1 aliphatic carbocycles. The molecule has 2 aromatic rings. The van der Waals surface area contributed by atoms with Crippen LogP contribution in [0.15, 0.2) is 35.4 Å². The van der Waals surface area contributed by atoms with E-state index < -0.39 is 37.1 Å². The number of alkyl halides is 3. The largest absolute Gasteiger partial charge is 0.408 e. The Balaban J connectivity index is 1.63. The molecule has 0 unspecified atom stereocenters. The maximum Gasteiger partial charge on any atom is 0.408 e. The first-order valence-corrected chi connectivity index (χ1v) is 14.2. The molecule has 0 bridgehead atoms. The maximum absolute atomic E-state index is 13.5. The van der Waals surface area contributed by atoms with Gasteiger partial charge in [0, 0.05) is 18.8 Å². The highest BCUT2D eigenvalue weighted by Crippen LogP contribution is 2.54. The van der Waals surface area contributed by atoms with Crippen LogP contribution < -0.4 is 15.5 Å². The van der Waals surface area contributed by atoms with Crippen LogP contribution in [-0.4, -0.2) is 65.6 Å². The van der Waals surface area contributed by atoms with Gasteiger partial charge in [-0.2, -0.15) is 13.2 Å². The number of benzene rings is 1. The van der Waals surface area contributed by atoms with E-state index >= 15 is 0 Å². The van der Waals surface area contributed by atoms with Gasteiger partial charge in [0.2, 0.25) is 0 Å². The maximum atomic E-state index is 13.5. The lowest BCUT2D eigenvalue weighted by Crippen LogP contribution is -2.46. The molecule has 13 heteroatoms. The number of carbonyl (C=O) groups excluding carboxylic acids is 1. The van der Waals surface area contributed by atoms with Crippen molar-refractivity contribution in [2.45, 2.75) is 74.7 Å². The van der Waals surface area contributed by atoms with E-state index in [1.807, 2.05) is 4.90 Å². The van der Waals surface area contributed by atoms with Crippen molar-refractivity contribution in [3.8, 4) is 0 Å². The molecule has 1 aromatic heterocycles. The van der Waals surface area contributed by atoms with Gasteiger partial charge in [-0.1, -0.05) is 6.07 Å². The van der Waals surface area contributed by atoms with Crippen LogP contribution in [0.4, 0.5) is 30.5 Å². The Morgan fingerprint density at radius 3 is 2.31 bits per heavy atom. The number of nitrogens with zero attached hydrogens (tertiary/aromatic N) is 3. The van der Waals surface area contributed by atoms with Gasteiger partial charge in [0.05, 0.1) is 23.2 Å². The highest BCUT2D eigenvalue weighted by Gasteiger charge is 2.57. The van der Waals surface area contributed by atoms with Crippen LogP contribution in [0.3, 0.4) is 0 Å². The summed E-state index contributed by atoms with van der Waals surface area (Å²) < 4.78 is 63.1. The zero-order valence-corrected chi connectivity index (χ0v) is 23.2. The quantitative estimate of drug-likeness (QED) is 0.427. The SMILES string of the molecule is CC(C)(CO)Nc1cnc(C(=O)Nc2cccc(S(=O)(=O)C(C)(C)C(F)(F)F)c2)c(N2CCC3(CC2)CC3)n1. The summed E-state index contributed by atoms with van der Waals surface area (Å²) in [6.45, 7) is 5.98. The number of rotatable bonds is 8. The number of aromatic nitrogens is 2. The van der Waals surface area contributed by atoms with Crippen molar-refractivity contribution in [1.29, 1.82) is 0 Å². The normalized spacial score (nSPS) is 17.7. The van der Waals surface area contributed by atoms with E-state index in [4.69, 9.17) is 0 Å². The van der Waals surface area contributed by atoms with Crippen LogP contribution in [0.5, 0.6) is 0 Å². The van der Waals surface area contributed by atoms with Crippen LogP contribution in [-0.2, 0) is 9.84 Å². The van der Waals surface area contributed by atoms with E-state index in [2.05, 4.69) is 20.6 Å². The second-order valence-electron chi connectivity index (χ2n) is 11.6. The van der Waals surface area contributed by atoms with E-state index in [0.29, 0.717) is 44.0 Å². The summed E-state index contributed by atoms with van der Waals surface area (Å²) in [5, 5.41) is 15.3. The van der Waals surface area contributed by atoms with Gasteiger partial charge in [0.25, 0.3) is 5.91 Å². The van der Waals surface area contributed by atoms with Gasteiger partial charge in [-0.3, -0.25) is 4.79 Å². The van der Waals surface area contributed by atoms with Crippen molar-refractivity contribution >= 4 is 33.1 Å². The van der Waals surface area contributed by atoms with E-state index in [0.717, 1.165) is 25.0 Å². The minimum atomic E-state index is -5.00. The molecule has 4 rings (SSSR count). The monoisotopic (exact) mass is 569 g/mol. The first-order valence-electron chi connectivity index (χ1n) is 12.7. The molecule has 2 heterocycles. The Labute approximate surface area is 226 Å². The summed E-state index contributed by atoms with van der Waals surface area (Å²) in [7, 11) is -4.82. The zero-order chi connectivity index (χ0) is 28.9. The lowest BCUT2D eigenvalue weighted by Gasteiger charge is -2.34. The first kappa shape index (κ1) is 29.1. The smallest absolute Gasteiger partial charge is 0.394 e. The van der Waals surface area contributed by atoms with Gasteiger partial charge < -0.3 is 20.6 Å². The average Bonchev–Trinajstić information content (AvgIpc) is 3.62. The highest BCUT2D eigenvalue weighted by molar-refractivity contribution is 7.92. The Morgan fingerprint density at radius 2 is 1.74 bits per heavy atom. The predicted molar refractivity (Wildman–Crippen MR) is 142 cm³/mol. The second kappa shape index (κ2) is 9.92.